The Kier molecular flexibility index (Phi) is 4.38. The Labute approximate surface area is 130 Å². The second-order valence-corrected chi connectivity index (χ2v) is 5.91. The summed E-state index contributed by atoms with van der Waals surface area (Å²) in [6.45, 7) is 0.481. The summed E-state index contributed by atoms with van der Waals surface area (Å²) in [5, 5.41) is 13.6. The van der Waals surface area contributed by atoms with E-state index in [1.54, 1.807) is 0 Å². The Hall–Kier alpha value is -2.35. The number of amides is 1. The zero-order chi connectivity index (χ0) is 15.4. The molecule has 1 aromatic rings. The fraction of sp³-hybridized carbons (Fsp3) is 0.471. The minimum absolute atomic E-state index is 0.0816. The number of para-hydroxylation sites is 1. The van der Waals surface area contributed by atoms with E-state index in [2.05, 4.69) is 16.6 Å². The van der Waals surface area contributed by atoms with Crippen LogP contribution in [0.5, 0.6) is 0 Å². The van der Waals surface area contributed by atoms with Gasteiger partial charge in [-0.1, -0.05) is 37.5 Å². The van der Waals surface area contributed by atoms with Crippen molar-refractivity contribution in [2.75, 3.05) is 12.0 Å². The highest BCUT2D eigenvalue weighted by molar-refractivity contribution is 6.42. The molecule has 1 N–H and O–H groups in total. The van der Waals surface area contributed by atoms with Crippen molar-refractivity contribution in [3.63, 3.8) is 0 Å². The van der Waals surface area contributed by atoms with Crippen molar-refractivity contribution < 1.29 is 4.79 Å². The van der Waals surface area contributed by atoms with E-state index in [0.717, 1.165) is 18.5 Å². The van der Waals surface area contributed by atoms with Gasteiger partial charge in [0.15, 0.2) is 0 Å². The summed E-state index contributed by atoms with van der Waals surface area (Å²) >= 11 is 0. The van der Waals surface area contributed by atoms with Gasteiger partial charge in [-0.15, -0.1) is 0 Å². The molecule has 1 atom stereocenters. The van der Waals surface area contributed by atoms with Crippen LogP contribution in [-0.2, 0) is 4.79 Å². The predicted molar refractivity (Wildman–Crippen MR) is 85.2 cm³/mol. The largest absolute Gasteiger partial charge is 0.333 e. The van der Waals surface area contributed by atoms with E-state index >= 15 is 0 Å². The SMILES string of the molecule is N#C[C@H]1CN(C2CCCCC2)C(=O)/C1=N/Nc1ccccc1. The molecule has 1 saturated carbocycles. The molecule has 0 aromatic heterocycles. The van der Waals surface area contributed by atoms with Crippen LogP contribution in [0, 0.1) is 17.2 Å². The highest BCUT2D eigenvalue weighted by atomic mass is 16.2. The van der Waals surface area contributed by atoms with Gasteiger partial charge in [0.05, 0.1) is 11.8 Å². The lowest BCUT2D eigenvalue weighted by atomic mass is 9.94. The molecule has 5 nitrogen and oxygen atoms in total. The fourth-order valence-electron chi connectivity index (χ4n) is 3.24. The molecule has 1 aliphatic carbocycles. The number of hydrogen-bond acceptors (Lipinski definition) is 4. The third-order valence-electron chi connectivity index (χ3n) is 4.44. The van der Waals surface area contributed by atoms with Gasteiger partial charge in [0.25, 0.3) is 5.91 Å². The first-order chi connectivity index (χ1) is 10.8. The maximum atomic E-state index is 12.6. The number of hydrazone groups is 1. The van der Waals surface area contributed by atoms with E-state index in [9.17, 15) is 10.1 Å². The van der Waals surface area contributed by atoms with Gasteiger partial charge in [-0.3, -0.25) is 10.2 Å². The van der Waals surface area contributed by atoms with Crippen LogP contribution in [0.1, 0.15) is 32.1 Å². The van der Waals surface area contributed by atoms with E-state index in [4.69, 9.17) is 0 Å². The zero-order valence-electron chi connectivity index (χ0n) is 12.5. The Morgan fingerprint density at radius 2 is 1.91 bits per heavy atom. The highest BCUT2D eigenvalue weighted by Gasteiger charge is 2.40. The monoisotopic (exact) mass is 296 g/mol. The van der Waals surface area contributed by atoms with Crippen LogP contribution in [0.25, 0.3) is 0 Å². The van der Waals surface area contributed by atoms with Gasteiger partial charge < -0.3 is 4.90 Å². The summed E-state index contributed by atoms with van der Waals surface area (Å²) in [6.07, 6.45) is 5.67. The smallest absolute Gasteiger partial charge is 0.271 e. The van der Waals surface area contributed by atoms with Crippen molar-refractivity contribution in [1.82, 2.24) is 4.90 Å². The molecule has 5 heteroatoms. The number of carbonyl (C=O) groups excluding carboxylic acids is 1. The van der Waals surface area contributed by atoms with Gasteiger partial charge in [0.2, 0.25) is 0 Å². The number of anilines is 1. The number of nitriles is 1. The molecule has 2 aliphatic rings. The third kappa shape index (κ3) is 2.96. The van der Waals surface area contributed by atoms with Gasteiger partial charge >= 0.3 is 0 Å². The minimum atomic E-state index is -0.439. The standard InChI is InChI=1S/C17H20N4O/c18-11-13-12-21(15-9-5-2-6-10-15)17(22)16(13)20-19-14-7-3-1-4-8-14/h1,3-4,7-8,13,15,19H,2,5-6,9-10,12H2/b20-16+/t13-/m0/s1. The van der Waals surface area contributed by atoms with Crippen LogP contribution in [0.2, 0.25) is 0 Å². The first-order valence-corrected chi connectivity index (χ1v) is 7.89. The van der Waals surface area contributed by atoms with Crippen molar-refractivity contribution in [2.45, 2.75) is 38.1 Å². The van der Waals surface area contributed by atoms with E-state index < -0.39 is 5.92 Å². The van der Waals surface area contributed by atoms with E-state index in [0.29, 0.717) is 12.3 Å². The lowest BCUT2D eigenvalue weighted by Gasteiger charge is -2.30. The van der Waals surface area contributed by atoms with Crippen LogP contribution in [0.3, 0.4) is 0 Å². The maximum absolute atomic E-state index is 12.6. The number of nitrogens with zero attached hydrogens (tertiary/aromatic N) is 3. The highest BCUT2D eigenvalue weighted by Crippen LogP contribution is 2.27. The predicted octanol–water partition coefficient (Wildman–Crippen LogP) is 2.77. The minimum Gasteiger partial charge on any atom is -0.333 e. The van der Waals surface area contributed by atoms with Crippen LogP contribution < -0.4 is 5.43 Å². The van der Waals surface area contributed by atoms with Gasteiger partial charge in [0.1, 0.15) is 11.6 Å². The molecule has 0 radical (unpaired) electrons. The van der Waals surface area contributed by atoms with Gasteiger partial charge in [0, 0.05) is 12.6 Å². The summed E-state index contributed by atoms with van der Waals surface area (Å²) in [5.41, 5.74) is 4.05. The van der Waals surface area contributed by atoms with Crippen molar-refractivity contribution >= 4 is 17.3 Å². The van der Waals surface area contributed by atoms with Gasteiger partial charge in [-0.25, -0.2) is 0 Å². The first-order valence-electron chi connectivity index (χ1n) is 7.89. The second kappa shape index (κ2) is 6.61. The molecule has 2 fully saturated rings. The van der Waals surface area contributed by atoms with Gasteiger partial charge in [-0.05, 0) is 25.0 Å². The average Bonchev–Trinajstić information content (AvgIpc) is 2.90. The van der Waals surface area contributed by atoms with Crippen LogP contribution in [0.15, 0.2) is 35.4 Å². The number of carbonyl (C=O) groups is 1. The summed E-state index contributed by atoms with van der Waals surface area (Å²) in [6, 6.07) is 12.0. The number of rotatable bonds is 3. The number of benzene rings is 1. The molecule has 0 bridgehead atoms. The topological polar surface area (TPSA) is 68.5 Å². The molecule has 1 heterocycles. The van der Waals surface area contributed by atoms with Crippen molar-refractivity contribution in [3.05, 3.63) is 30.3 Å². The molecular formula is C17H20N4O. The first kappa shape index (κ1) is 14.6. The third-order valence-corrected chi connectivity index (χ3v) is 4.44. The normalized spacial score (nSPS) is 24.5. The molecule has 1 aromatic carbocycles. The lowest BCUT2D eigenvalue weighted by Crippen LogP contribution is -2.39. The Morgan fingerprint density at radius 1 is 1.18 bits per heavy atom. The van der Waals surface area contributed by atoms with Crippen LogP contribution in [-0.4, -0.2) is 29.1 Å². The van der Waals surface area contributed by atoms with Crippen LogP contribution in [0.4, 0.5) is 5.69 Å². The summed E-state index contributed by atoms with van der Waals surface area (Å²) in [7, 11) is 0. The zero-order valence-corrected chi connectivity index (χ0v) is 12.5. The molecule has 114 valence electrons. The summed E-state index contributed by atoms with van der Waals surface area (Å²) < 4.78 is 0. The number of hydrogen-bond donors (Lipinski definition) is 1. The Bertz CT molecular complexity index is 599. The average molecular weight is 296 g/mol. The lowest BCUT2D eigenvalue weighted by molar-refractivity contribution is -0.125. The number of likely N-dealkylation sites (tertiary alicyclic amines) is 1. The summed E-state index contributed by atoms with van der Waals surface area (Å²) in [5.74, 6) is -0.521. The molecule has 22 heavy (non-hydrogen) atoms. The molecule has 0 spiro atoms. The van der Waals surface area contributed by atoms with E-state index in [1.165, 1.54) is 19.3 Å². The van der Waals surface area contributed by atoms with Crippen molar-refractivity contribution in [3.8, 4) is 6.07 Å². The number of nitrogens with one attached hydrogen (secondary N) is 1. The molecule has 0 unspecified atom stereocenters. The second-order valence-electron chi connectivity index (χ2n) is 5.91. The van der Waals surface area contributed by atoms with E-state index in [-0.39, 0.29) is 11.9 Å². The Morgan fingerprint density at radius 3 is 2.59 bits per heavy atom. The molecular weight excluding hydrogens is 276 g/mol. The summed E-state index contributed by atoms with van der Waals surface area (Å²) in [4.78, 5) is 14.5. The molecule has 1 amide bonds. The molecule has 1 saturated heterocycles. The Balaban J connectivity index is 1.75. The van der Waals surface area contributed by atoms with E-state index in [1.807, 2.05) is 35.2 Å². The van der Waals surface area contributed by atoms with Crippen molar-refractivity contribution in [2.24, 2.45) is 11.0 Å². The quantitative estimate of drug-likeness (QED) is 0.872. The fourth-order valence-corrected chi connectivity index (χ4v) is 3.24. The molecule has 1 aliphatic heterocycles. The van der Waals surface area contributed by atoms with Crippen LogP contribution >= 0.6 is 0 Å². The van der Waals surface area contributed by atoms with Gasteiger partial charge in [-0.2, -0.15) is 10.4 Å². The maximum Gasteiger partial charge on any atom is 0.271 e. The molecule has 3 rings (SSSR count). The van der Waals surface area contributed by atoms with Crippen molar-refractivity contribution in [1.29, 1.82) is 5.26 Å².